The molecule has 35 heavy (non-hydrogen) atoms. The Labute approximate surface area is 206 Å². The second-order valence-corrected chi connectivity index (χ2v) is 10.1. The van der Waals surface area contributed by atoms with Gasteiger partial charge in [0.1, 0.15) is 11.6 Å². The minimum absolute atomic E-state index is 0.0849. The summed E-state index contributed by atoms with van der Waals surface area (Å²) in [6, 6.07) is 6.70. The third kappa shape index (κ3) is 12.5. The molecule has 2 amide bonds. The Bertz CT molecular complexity index is 898. The molecule has 11 heteroatoms. The Hall–Kier alpha value is -2.78. The first-order valence-corrected chi connectivity index (χ1v) is 12.5. The van der Waals surface area contributed by atoms with E-state index in [0.717, 1.165) is 5.56 Å². The van der Waals surface area contributed by atoms with E-state index >= 15 is 0 Å². The lowest BCUT2D eigenvalue weighted by molar-refractivity contribution is -0.159. The fraction of sp³-hybridized carbons (Fsp3) is 0.458. The number of hydrogen-bond donors (Lipinski definition) is 2. The molecule has 2 N–H and O–H groups in total. The summed E-state index contributed by atoms with van der Waals surface area (Å²) in [6.07, 6.45) is 2.78. The van der Waals surface area contributed by atoms with Crippen molar-refractivity contribution in [1.82, 2.24) is 10.6 Å². The summed E-state index contributed by atoms with van der Waals surface area (Å²) in [6.45, 7) is 12.5. The van der Waals surface area contributed by atoms with Gasteiger partial charge in [0.15, 0.2) is 6.04 Å². The summed E-state index contributed by atoms with van der Waals surface area (Å²) in [5.74, 6) is -1.86. The number of ether oxygens (including phenoxy) is 1. The minimum atomic E-state index is -4.10. The maximum Gasteiger partial charge on any atom is 0.475 e. The topological polar surface area (TPSA) is 129 Å². The lowest BCUT2D eigenvalue weighted by Gasteiger charge is -2.26. The first-order valence-electron chi connectivity index (χ1n) is 11.0. The normalized spacial score (nSPS) is 13.3. The number of esters is 1. The highest BCUT2D eigenvalue weighted by Crippen LogP contribution is 2.49. The number of nitrogens with one attached hydrogen (secondary N) is 2. The average Bonchev–Trinajstić information content (AvgIpc) is 2.78. The molecule has 194 valence electrons. The number of hydrogen-bond acceptors (Lipinski definition) is 8. The summed E-state index contributed by atoms with van der Waals surface area (Å²) >= 11 is 0. The van der Waals surface area contributed by atoms with E-state index in [1.54, 1.807) is 45.0 Å². The monoisotopic (exact) mass is 510 g/mol. The van der Waals surface area contributed by atoms with Crippen LogP contribution in [0.3, 0.4) is 0 Å². The number of phosphoric ester groups is 1. The van der Waals surface area contributed by atoms with Gasteiger partial charge < -0.3 is 15.4 Å². The van der Waals surface area contributed by atoms with Crippen molar-refractivity contribution in [1.29, 1.82) is 0 Å². The van der Waals surface area contributed by atoms with E-state index in [4.69, 9.17) is 18.3 Å². The van der Waals surface area contributed by atoms with Crippen LogP contribution in [-0.4, -0.2) is 55.3 Å². The maximum atomic E-state index is 12.8. The second-order valence-electron chi connectivity index (χ2n) is 8.46. The van der Waals surface area contributed by atoms with Crippen LogP contribution in [0.4, 0.5) is 0 Å². The fourth-order valence-electron chi connectivity index (χ4n) is 2.54. The predicted molar refractivity (Wildman–Crippen MR) is 131 cm³/mol. The largest absolute Gasteiger partial charge is 0.475 e. The van der Waals surface area contributed by atoms with Gasteiger partial charge in [0.2, 0.25) is 11.8 Å². The van der Waals surface area contributed by atoms with Crippen molar-refractivity contribution in [3.8, 4) is 0 Å². The van der Waals surface area contributed by atoms with Crippen LogP contribution in [0.15, 0.2) is 55.6 Å². The van der Waals surface area contributed by atoms with Crippen LogP contribution in [0.5, 0.6) is 0 Å². The molecule has 0 aliphatic carbocycles. The zero-order valence-electron chi connectivity index (χ0n) is 20.7. The van der Waals surface area contributed by atoms with E-state index < -0.39 is 44.0 Å². The highest BCUT2D eigenvalue weighted by atomic mass is 31.2. The lowest BCUT2D eigenvalue weighted by atomic mass is 10.1. The van der Waals surface area contributed by atoms with E-state index in [1.165, 1.54) is 19.1 Å². The van der Waals surface area contributed by atoms with E-state index in [-0.39, 0.29) is 25.5 Å². The van der Waals surface area contributed by atoms with Gasteiger partial charge in [-0.1, -0.05) is 42.5 Å². The molecule has 0 saturated carbocycles. The summed E-state index contributed by atoms with van der Waals surface area (Å²) in [7, 11) is -4.10. The summed E-state index contributed by atoms with van der Waals surface area (Å²) in [5, 5.41) is 5.05. The number of rotatable bonds is 15. The van der Waals surface area contributed by atoms with Crippen molar-refractivity contribution in [2.24, 2.45) is 0 Å². The number of carbonyl (C=O) groups excluding carboxylic acids is 3. The van der Waals surface area contributed by atoms with Crippen molar-refractivity contribution in [2.45, 2.75) is 51.8 Å². The third-order valence-corrected chi connectivity index (χ3v) is 5.48. The number of phosphoric acid groups is 1. The maximum absolute atomic E-state index is 12.8. The van der Waals surface area contributed by atoms with Crippen molar-refractivity contribution in [2.75, 3.05) is 19.8 Å². The van der Waals surface area contributed by atoms with Gasteiger partial charge in [-0.3, -0.25) is 23.2 Å². The summed E-state index contributed by atoms with van der Waals surface area (Å²) in [5.41, 5.74) is -0.0785. The van der Waals surface area contributed by atoms with Gasteiger partial charge in [-0.15, -0.1) is 13.2 Å². The van der Waals surface area contributed by atoms with Crippen molar-refractivity contribution < 1.29 is 37.3 Å². The van der Waals surface area contributed by atoms with Crippen LogP contribution >= 0.6 is 7.82 Å². The van der Waals surface area contributed by atoms with Crippen molar-refractivity contribution in [3.63, 3.8) is 0 Å². The standard InChI is InChI=1S/C24H35N2O8P/c1-7-14-31-35(30,32-15-8-2)33-17-20(23(29)34-24(4,5)6)26-22(28)18(3)25-21(27)16-19-12-10-9-11-13-19/h7-13,18,20H,1-2,14-17H2,3-6H3,(H,25,27)(H,26,28)/t18-,20-/m0/s1. The van der Waals surface area contributed by atoms with Crippen LogP contribution in [-0.2, 0) is 43.7 Å². The predicted octanol–water partition coefficient (Wildman–Crippen LogP) is 3.09. The van der Waals surface area contributed by atoms with Gasteiger partial charge in [0.05, 0.1) is 26.2 Å². The SMILES string of the molecule is C=CCOP(=O)(OCC=C)OC[C@H](NC(=O)[C@H](C)NC(=O)Cc1ccccc1)C(=O)OC(C)(C)C. The van der Waals surface area contributed by atoms with Crippen LogP contribution < -0.4 is 10.6 Å². The highest BCUT2D eigenvalue weighted by molar-refractivity contribution is 7.48. The summed E-state index contributed by atoms with van der Waals surface area (Å²) < 4.78 is 33.6. The molecule has 0 heterocycles. The second kappa shape index (κ2) is 14.6. The Morgan fingerprint density at radius 1 is 1.00 bits per heavy atom. The third-order valence-electron chi connectivity index (χ3n) is 4.09. The van der Waals surface area contributed by atoms with Crippen molar-refractivity contribution in [3.05, 3.63) is 61.2 Å². The molecule has 10 nitrogen and oxygen atoms in total. The first kappa shape index (κ1) is 30.3. The Morgan fingerprint density at radius 2 is 1.57 bits per heavy atom. The lowest BCUT2D eigenvalue weighted by Crippen LogP contribution is -2.53. The molecule has 0 aliphatic rings. The average molecular weight is 511 g/mol. The van der Waals surface area contributed by atoms with Crippen LogP contribution in [0.25, 0.3) is 0 Å². The van der Waals surface area contributed by atoms with Crippen LogP contribution in [0, 0.1) is 0 Å². The van der Waals surface area contributed by atoms with E-state index in [0.29, 0.717) is 0 Å². The molecular formula is C24H35N2O8P. The van der Waals surface area contributed by atoms with Crippen molar-refractivity contribution >= 4 is 25.6 Å². The highest BCUT2D eigenvalue weighted by Gasteiger charge is 2.33. The molecule has 0 aliphatic heterocycles. The van der Waals surface area contributed by atoms with E-state index in [2.05, 4.69) is 23.8 Å². The van der Waals surface area contributed by atoms with Crippen LogP contribution in [0.2, 0.25) is 0 Å². The van der Waals surface area contributed by atoms with E-state index in [1.807, 2.05) is 6.07 Å². The molecule has 0 fully saturated rings. The van der Waals surface area contributed by atoms with Gasteiger partial charge in [-0.05, 0) is 33.3 Å². The molecule has 0 unspecified atom stereocenters. The first-order chi connectivity index (χ1) is 16.4. The van der Waals surface area contributed by atoms with Crippen LogP contribution in [0.1, 0.15) is 33.3 Å². The fourth-order valence-corrected chi connectivity index (χ4v) is 3.67. The van der Waals surface area contributed by atoms with Gasteiger partial charge in [0.25, 0.3) is 0 Å². The number of benzene rings is 1. The Balaban J connectivity index is 2.88. The Morgan fingerprint density at radius 3 is 2.09 bits per heavy atom. The zero-order valence-corrected chi connectivity index (χ0v) is 21.5. The molecule has 2 atom stereocenters. The Kier molecular flexibility index (Phi) is 12.6. The van der Waals surface area contributed by atoms with Gasteiger partial charge in [-0.25, -0.2) is 9.36 Å². The quantitative estimate of drug-likeness (QED) is 0.209. The van der Waals surface area contributed by atoms with Gasteiger partial charge in [-0.2, -0.15) is 0 Å². The zero-order chi connectivity index (χ0) is 26.5. The van der Waals surface area contributed by atoms with Gasteiger partial charge >= 0.3 is 13.8 Å². The minimum Gasteiger partial charge on any atom is -0.458 e. The molecule has 0 aromatic heterocycles. The molecule has 0 radical (unpaired) electrons. The van der Waals surface area contributed by atoms with Gasteiger partial charge in [0, 0.05) is 0 Å². The smallest absolute Gasteiger partial charge is 0.458 e. The molecule has 1 aromatic rings. The number of amides is 2. The molecule has 1 aromatic carbocycles. The molecule has 0 saturated heterocycles. The molecule has 0 spiro atoms. The molecular weight excluding hydrogens is 475 g/mol. The molecule has 1 rings (SSSR count). The number of carbonyl (C=O) groups is 3. The van der Waals surface area contributed by atoms with E-state index in [9.17, 15) is 18.9 Å². The molecule has 0 bridgehead atoms. The summed E-state index contributed by atoms with van der Waals surface area (Å²) in [4.78, 5) is 37.7.